The van der Waals surface area contributed by atoms with Crippen molar-refractivity contribution in [2.75, 3.05) is 18.1 Å². The summed E-state index contributed by atoms with van der Waals surface area (Å²) in [5.74, 6) is -0.366. The molecule has 3 rings (SSSR count). The number of benzene rings is 2. The number of para-hydroxylation sites is 1. The molecule has 0 bridgehead atoms. The molecule has 1 atom stereocenters. The zero-order valence-electron chi connectivity index (χ0n) is 13.2. The molecule has 6 heteroatoms. The van der Waals surface area contributed by atoms with Crippen molar-refractivity contribution in [3.05, 3.63) is 59.9 Å². The van der Waals surface area contributed by atoms with Gasteiger partial charge in [-0.15, -0.1) is 0 Å². The number of nitrogens with one attached hydrogen (secondary N) is 1. The number of halogens is 1. The molecule has 2 aromatic rings. The number of carbonyl (C=O) groups is 2. The van der Waals surface area contributed by atoms with Gasteiger partial charge in [-0.1, -0.05) is 18.2 Å². The average molecular weight is 328 g/mol. The second kappa shape index (κ2) is 6.70. The Morgan fingerprint density at radius 3 is 2.71 bits per heavy atom. The number of amides is 2. The largest absolute Gasteiger partial charge is 0.492 e. The quantitative estimate of drug-likeness (QED) is 0.917. The molecule has 5 nitrogen and oxygen atoms in total. The fraction of sp³-hybridized carbons (Fsp3) is 0.222. The van der Waals surface area contributed by atoms with E-state index >= 15 is 0 Å². The van der Waals surface area contributed by atoms with Gasteiger partial charge in [0.1, 0.15) is 24.2 Å². The van der Waals surface area contributed by atoms with E-state index in [1.165, 1.54) is 24.0 Å². The number of nitrogens with zero attached hydrogens (tertiary/aromatic N) is 1. The molecule has 1 N–H and O–H groups in total. The van der Waals surface area contributed by atoms with E-state index in [2.05, 4.69) is 5.32 Å². The van der Waals surface area contributed by atoms with E-state index in [1.54, 1.807) is 6.07 Å². The van der Waals surface area contributed by atoms with Gasteiger partial charge in [-0.05, 0) is 30.3 Å². The fourth-order valence-electron chi connectivity index (χ4n) is 2.75. The maximum Gasteiger partial charge on any atom is 0.254 e. The lowest BCUT2D eigenvalue weighted by atomic mass is 10.1. The summed E-state index contributed by atoms with van der Waals surface area (Å²) >= 11 is 0. The first-order chi connectivity index (χ1) is 11.6. The summed E-state index contributed by atoms with van der Waals surface area (Å²) in [6, 6.07) is 12.5. The molecule has 0 saturated carbocycles. The van der Waals surface area contributed by atoms with Crippen LogP contribution in [0.15, 0.2) is 48.5 Å². The predicted molar refractivity (Wildman–Crippen MR) is 87.2 cm³/mol. The van der Waals surface area contributed by atoms with Gasteiger partial charge in [0.25, 0.3) is 5.91 Å². The molecule has 2 aromatic carbocycles. The molecular weight excluding hydrogens is 311 g/mol. The van der Waals surface area contributed by atoms with Crippen molar-refractivity contribution < 1.29 is 18.7 Å². The van der Waals surface area contributed by atoms with E-state index in [0.29, 0.717) is 30.2 Å². The number of hydrogen-bond acceptors (Lipinski definition) is 3. The van der Waals surface area contributed by atoms with Gasteiger partial charge in [-0.3, -0.25) is 9.59 Å². The van der Waals surface area contributed by atoms with E-state index in [1.807, 2.05) is 30.3 Å². The first-order valence-electron chi connectivity index (χ1n) is 7.62. The van der Waals surface area contributed by atoms with Crippen LogP contribution in [0.4, 0.5) is 10.1 Å². The zero-order valence-corrected chi connectivity index (χ0v) is 13.2. The lowest BCUT2D eigenvalue weighted by Crippen LogP contribution is -2.38. The van der Waals surface area contributed by atoms with Gasteiger partial charge in [0.2, 0.25) is 5.91 Å². The Bertz CT molecular complexity index is 764. The lowest BCUT2D eigenvalue weighted by molar-refractivity contribution is -0.126. The van der Waals surface area contributed by atoms with Gasteiger partial charge in [0.05, 0.1) is 6.54 Å². The van der Waals surface area contributed by atoms with Crippen LogP contribution in [0.25, 0.3) is 0 Å². The zero-order chi connectivity index (χ0) is 17.1. The maximum absolute atomic E-state index is 13.5. The van der Waals surface area contributed by atoms with Gasteiger partial charge in [-0.2, -0.15) is 0 Å². The van der Waals surface area contributed by atoms with Crippen molar-refractivity contribution in [1.82, 2.24) is 5.32 Å². The molecule has 1 heterocycles. The smallest absolute Gasteiger partial charge is 0.254 e. The van der Waals surface area contributed by atoms with Gasteiger partial charge >= 0.3 is 0 Å². The number of ether oxygens (including phenoxy) is 1. The molecule has 1 aliphatic rings. The summed E-state index contributed by atoms with van der Waals surface area (Å²) in [6.45, 7) is 1.93. The van der Waals surface area contributed by atoms with E-state index < -0.39 is 11.9 Å². The van der Waals surface area contributed by atoms with Crippen LogP contribution in [0.3, 0.4) is 0 Å². The third-order valence-corrected chi connectivity index (χ3v) is 3.78. The third-order valence-electron chi connectivity index (χ3n) is 3.78. The molecule has 0 radical (unpaired) electrons. The molecule has 0 saturated heterocycles. The molecule has 1 aliphatic heterocycles. The van der Waals surface area contributed by atoms with Gasteiger partial charge in [0.15, 0.2) is 0 Å². The minimum Gasteiger partial charge on any atom is -0.492 e. The van der Waals surface area contributed by atoms with Gasteiger partial charge in [0, 0.05) is 18.2 Å². The third kappa shape index (κ3) is 3.22. The molecule has 0 fully saturated rings. The Hall–Kier alpha value is -2.89. The van der Waals surface area contributed by atoms with Crippen LogP contribution in [-0.2, 0) is 9.59 Å². The van der Waals surface area contributed by atoms with Crippen molar-refractivity contribution in [3.8, 4) is 5.75 Å². The van der Waals surface area contributed by atoms with Crippen molar-refractivity contribution in [2.45, 2.75) is 13.0 Å². The van der Waals surface area contributed by atoms with Crippen LogP contribution < -0.4 is 15.0 Å². The van der Waals surface area contributed by atoms with E-state index in [9.17, 15) is 14.0 Å². The number of hydrogen-bond donors (Lipinski definition) is 1. The molecule has 0 spiro atoms. The summed E-state index contributed by atoms with van der Waals surface area (Å²) in [4.78, 5) is 25.4. The summed E-state index contributed by atoms with van der Waals surface area (Å²) in [7, 11) is 0. The number of anilines is 1. The molecular formula is C18H17FN2O3. The normalized spacial score (nSPS) is 16.0. The Labute approximate surface area is 139 Å². The summed E-state index contributed by atoms with van der Waals surface area (Å²) in [5, 5.41) is 2.58. The topological polar surface area (TPSA) is 58.6 Å². The van der Waals surface area contributed by atoms with Crippen molar-refractivity contribution in [3.63, 3.8) is 0 Å². The molecule has 0 aliphatic carbocycles. The van der Waals surface area contributed by atoms with Crippen molar-refractivity contribution >= 4 is 17.5 Å². The summed E-state index contributed by atoms with van der Waals surface area (Å²) < 4.78 is 19.1. The predicted octanol–water partition coefficient (Wildman–Crippen LogP) is 2.43. The highest BCUT2D eigenvalue weighted by atomic mass is 19.1. The highest BCUT2D eigenvalue weighted by molar-refractivity contribution is 6.06. The monoisotopic (exact) mass is 328 g/mol. The maximum atomic E-state index is 13.5. The SMILES string of the molecule is CC(=O)N[C@@H]1C(=O)N(CCOc2ccccc2)c2ccc(F)cc21. The van der Waals surface area contributed by atoms with E-state index in [4.69, 9.17) is 4.74 Å². The first-order valence-corrected chi connectivity index (χ1v) is 7.62. The number of rotatable bonds is 5. The van der Waals surface area contributed by atoms with Crippen LogP contribution in [0.1, 0.15) is 18.5 Å². The van der Waals surface area contributed by atoms with Crippen molar-refractivity contribution in [1.29, 1.82) is 0 Å². The second-order valence-electron chi connectivity index (χ2n) is 5.49. The molecule has 0 unspecified atom stereocenters. The van der Waals surface area contributed by atoms with Crippen LogP contribution in [0, 0.1) is 5.82 Å². The second-order valence-corrected chi connectivity index (χ2v) is 5.49. The minimum atomic E-state index is -0.857. The number of carbonyl (C=O) groups excluding carboxylic acids is 2. The summed E-state index contributed by atoms with van der Waals surface area (Å²) in [6.07, 6.45) is 0. The van der Waals surface area contributed by atoms with E-state index in [-0.39, 0.29) is 11.8 Å². The first kappa shape index (κ1) is 16.0. The van der Waals surface area contributed by atoms with Crippen LogP contribution in [-0.4, -0.2) is 25.0 Å². The standard InChI is InChI=1S/C18H17FN2O3/c1-12(22)20-17-15-11-13(19)7-8-16(15)21(18(17)23)9-10-24-14-5-3-2-4-6-14/h2-8,11,17H,9-10H2,1H3,(H,20,22)/t17-/m0/s1. The Morgan fingerprint density at radius 1 is 1.25 bits per heavy atom. The average Bonchev–Trinajstić information content (AvgIpc) is 2.80. The van der Waals surface area contributed by atoms with Gasteiger partial charge < -0.3 is 15.0 Å². The lowest BCUT2D eigenvalue weighted by Gasteiger charge is -2.18. The minimum absolute atomic E-state index is 0.289. The molecule has 124 valence electrons. The Balaban J connectivity index is 1.76. The Kier molecular flexibility index (Phi) is 4.46. The molecule has 24 heavy (non-hydrogen) atoms. The fourth-order valence-corrected chi connectivity index (χ4v) is 2.75. The van der Waals surface area contributed by atoms with Crippen LogP contribution >= 0.6 is 0 Å². The Morgan fingerprint density at radius 2 is 2.00 bits per heavy atom. The molecule has 0 aromatic heterocycles. The van der Waals surface area contributed by atoms with Gasteiger partial charge in [-0.25, -0.2) is 4.39 Å². The number of fused-ring (bicyclic) bond motifs is 1. The molecule has 2 amide bonds. The van der Waals surface area contributed by atoms with Crippen molar-refractivity contribution in [2.24, 2.45) is 0 Å². The van der Waals surface area contributed by atoms with Crippen LogP contribution in [0.2, 0.25) is 0 Å². The van der Waals surface area contributed by atoms with E-state index in [0.717, 1.165) is 0 Å². The highest BCUT2D eigenvalue weighted by Gasteiger charge is 2.37. The summed E-state index contributed by atoms with van der Waals surface area (Å²) in [5.41, 5.74) is 1.06. The highest BCUT2D eigenvalue weighted by Crippen LogP contribution is 2.36. The van der Waals surface area contributed by atoms with Crippen LogP contribution in [0.5, 0.6) is 5.75 Å².